The fourth-order valence-electron chi connectivity index (χ4n) is 3.33. The van der Waals surface area contributed by atoms with Crippen LogP contribution in [0.3, 0.4) is 0 Å². The molecule has 2 amide bonds. The van der Waals surface area contributed by atoms with Crippen LogP contribution in [0.1, 0.15) is 79.5 Å². The second-order valence-corrected chi connectivity index (χ2v) is 8.25. The van der Waals surface area contributed by atoms with Crippen molar-refractivity contribution in [3.05, 3.63) is 51.4 Å². The number of benzene rings is 1. The van der Waals surface area contributed by atoms with Crippen LogP contribution in [0.5, 0.6) is 0 Å². The highest BCUT2D eigenvalue weighted by Crippen LogP contribution is 2.36. The first-order valence-electron chi connectivity index (χ1n) is 12.3. The molecular formula is C26H37BrF4N4O2. The van der Waals surface area contributed by atoms with Crippen LogP contribution < -0.4 is 10.6 Å². The summed E-state index contributed by atoms with van der Waals surface area (Å²) in [6.45, 7) is 17.0. The van der Waals surface area contributed by atoms with E-state index in [1.807, 2.05) is 53.4 Å². The van der Waals surface area contributed by atoms with E-state index < -0.39 is 41.1 Å². The molecule has 0 bridgehead atoms. The molecular weight excluding hydrogens is 556 g/mol. The molecule has 2 N–H and O–H groups in total. The Morgan fingerprint density at radius 1 is 1.14 bits per heavy atom. The lowest BCUT2D eigenvalue weighted by atomic mass is 10.0. The second-order valence-electron chi connectivity index (χ2n) is 7.33. The van der Waals surface area contributed by atoms with Crippen LogP contribution in [0, 0.1) is 5.82 Å². The number of fused-ring (bicyclic) bond motifs is 1. The number of anilines is 1. The first kappa shape index (κ1) is 34.3. The number of nitrogens with one attached hydrogen (secondary N) is 2. The Balaban J connectivity index is 0.00000201. The Bertz CT molecular complexity index is 1040. The molecule has 2 aliphatic heterocycles. The normalized spacial score (nSPS) is 16.5. The maximum Gasteiger partial charge on any atom is 0.419 e. The van der Waals surface area contributed by atoms with Crippen LogP contribution in [0.2, 0.25) is 0 Å². The van der Waals surface area contributed by atoms with Gasteiger partial charge in [-0.05, 0) is 53.5 Å². The summed E-state index contributed by atoms with van der Waals surface area (Å²) >= 11 is 3.34. The predicted octanol–water partition coefficient (Wildman–Crippen LogP) is 7.34. The highest BCUT2D eigenvalue weighted by atomic mass is 79.9. The topological polar surface area (TPSA) is 73.8 Å². The molecule has 0 saturated heterocycles. The smallest absolute Gasteiger partial charge is 0.345 e. The Morgan fingerprint density at radius 2 is 1.70 bits per heavy atom. The predicted molar refractivity (Wildman–Crippen MR) is 145 cm³/mol. The fourth-order valence-corrected chi connectivity index (χ4v) is 3.81. The monoisotopic (exact) mass is 592 g/mol. The van der Waals surface area contributed by atoms with E-state index in [4.69, 9.17) is 0 Å². The second kappa shape index (κ2) is 15.5. The Labute approximate surface area is 225 Å². The maximum atomic E-state index is 14.3. The van der Waals surface area contributed by atoms with Gasteiger partial charge in [0.15, 0.2) is 5.82 Å². The maximum absolute atomic E-state index is 14.3. The van der Waals surface area contributed by atoms with Gasteiger partial charge < -0.3 is 15.5 Å². The van der Waals surface area contributed by atoms with E-state index in [0.29, 0.717) is 22.9 Å². The minimum Gasteiger partial charge on any atom is -0.345 e. The average molecular weight is 594 g/mol. The summed E-state index contributed by atoms with van der Waals surface area (Å²) < 4.78 is 54.9. The molecule has 2 aliphatic rings. The van der Waals surface area contributed by atoms with Crippen molar-refractivity contribution < 1.29 is 27.2 Å². The van der Waals surface area contributed by atoms with Crippen molar-refractivity contribution in [1.29, 1.82) is 0 Å². The lowest BCUT2D eigenvalue weighted by Gasteiger charge is -2.24. The van der Waals surface area contributed by atoms with Gasteiger partial charge in [0.2, 0.25) is 5.91 Å². The number of aliphatic imine (C=N–C) groups is 1. The lowest BCUT2D eigenvalue weighted by Crippen LogP contribution is -2.36. The number of rotatable bonds is 4. The molecule has 2 heterocycles. The fraction of sp³-hybridized carbons (Fsp3) is 0.500. The minimum absolute atomic E-state index is 0.0181. The van der Waals surface area contributed by atoms with Gasteiger partial charge in [0.25, 0.3) is 5.91 Å². The van der Waals surface area contributed by atoms with E-state index in [1.165, 1.54) is 6.92 Å². The molecule has 0 aromatic heterocycles. The third kappa shape index (κ3) is 9.28. The van der Waals surface area contributed by atoms with E-state index in [-0.39, 0.29) is 17.2 Å². The molecule has 0 spiro atoms. The van der Waals surface area contributed by atoms with Crippen LogP contribution in [-0.2, 0) is 15.8 Å². The molecule has 2 atom stereocenters. The number of hydrogen-bond donors (Lipinski definition) is 2. The van der Waals surface area contributed by atoms with Gasteiger partial charge in [-0.25, -0.2) is 4.39 Å². The van der Waals surface area contributed by atoms with Gasteiger partial charge in [0.1, 0.15) is 5.84 Å². The average Bonchev–Trinajstić information content (AvgIpc) is 3.22. The number of carbonyl (C=O) groups is 2. The number of nitrogens with zero attached hydrogens (tertiary/aromatic N) is 2. The number of alkyl halides is 3. The number of amides is 2. The summed E-state index contributed by atoms with van der Waals surface area (Å²) in [6.07, 6.45) is -1.62. The molecule has 1 unspecified atom stereocenters. The van der Waals surface area contributed by atoms with Crippen molar-refractivity contribution in [3.63, 3.8) is 0 Å². The summed E-state index contributed by atoms with van der Waals surface area (Å²) in [5.41, 5.74) is -1.90. The van der Waals surface area contributed by atoms with Gasteiger partial charge in [0, 0.05) is 24.2 Å². The molecule has 0 radical (unpaired) electrons. The van der Waals surface area contributed by atoms with Gasteiger partial charge in [-0.15, -0.1) is 0 Å². The van der Waals surface area contributed by atoms with Gasteiger partial charge in [0.05, 0.1) is 28.9 Å². The molecule has 0 fully saturated rings. The minimum atomic E-state index is -4.98. The largest absolute Gasteiger partial charge is 0.419 e. The van der Waals surface area contributed by atoms with Crippen LogP contribution in [0.25, 0.3) is 0 Å². The van der Waals surface area contributed by atoms with Crippen LogP contribution >= 0.6 is 15.9 Å². The van der Waals surface area contributed by atoms with Crippen LogP contribution in [-0.4, -0.2) is 35.1 Å². The summed E-state index contributed by atoms with van der Waals surface area (Å²) in [4.78, 5) is 30.4. The first-order valence-corrected chi connectivity index (χ1v) is 13.1. The van der Waals surface area contributed by atoms with Crippen molar-refractivity contribution >= 4 is 39.3 Å². The zero-order valence-corrected chi connectivity index (χ0v) is 24.4. The van der Waals surface area contributed by atoms with Crippen LogP contribution in [0.15, 0.2) is 39.5 Å². The van der Waals surface area contributed by atoms with Gasteiger partial charge in [-0.1, -0.05) is 41.5 Å². The van der Waals surface area contributed by atoms with E-state index in [1.54, 1.807) is 12.3 Å². The molecule has 3 rings (SSSR count). The molecule has 37 heavy (non-hydrogen) atoms. The molecule has 6 nitrogen and oxygen atoms in total. The van der Waals surface area contributed by atoms with Crippen LogP contribution in [0.4, 0.5) is 23.2 Å². The third-order valence-corrected chi connectivity index (χ3v) is 5.11. The van der Waals surface area contributed by atoms with Crippen molar-refractivity contribution in [1.82, 2.24) is 10.2 Å². The molecule has 0 aliphatic carbocycles. The van der Waals surface area contributed by atoms with Gasteiger partial charge in [-0.2, -0.15) is 13.2 Å². The quantitative estimate of drug-likeness (QED) is 0.359. The number of hydrogen-bond acceptors (Lipinski definition) is 4. The zero-order chi connectivity index (χ0) is 29.1. The summed E-state index contributed by atoms with van der Waals surface area (Å²) in [5.74, 6) is -2.39. The summed E-state index contributed by atoms with van der Waals surface area (Å²) in [6, 6.07) is 0.756. The molecule has 11 heteroatoms. The van der Waals surface area contributed by atoms with Crippen molar-refractivity contribution in [2.24, 2.45) is 4.99 Å². The van der Waals surface area contributed by atoms with E-state index in [2.05, 4.69) is 31.6 Å². The lowest BCUT2D eigenvalue weighted by molar-refractivity contribution is -0.140. The number of amidine groups is 1. The van der Waals surface area contributed by atoms with Crippen molar-refractivity contribution in [2.75, 3.05) is 11.9 Å². The van der Waals surface area contributed by atoms with E-state index >= 15 is 0 Å². The first-order chi connectivity index (χ1) is 17.4. The summed E-state index contributed by atoms with van der Waals surface area (Å²) in [7, 11) is 0. The van der Waals surface area contributed by atoms with Gasteiger partial charge >= 0.3 is 6.18 Å². The number of carbonyl (C=O) groups excluding carboxylic acids is 2. The Kier molecular flexibility index (Phi) is 14.4. The summed E-state index contributed by atoms with van der Waals surface area (Å²) in [5, 5.41) is 4.69. The molecule has 0 saturated carbocycles. The Hall–Kier alpha value is -2.69. The highest BCUT2D eigenvalue weighted by Gasteiger charge is 2.37. The highest BCUT2D eigenvalue weighted by molar-refractivity contribution is 9.11. The molecule has 1 aromatic rings. The van der Waals surface area contributed by atoms with Crippen molar-refractivity contribution in [2.45, 2.75) is 80.6 Å². The van der Waals surface area contributed by atoms with Gasteiger partial charge in [-0.3, -0.25) is 14.6 Å². The van der Waals surface area contributed by atoms with E-state index in [9.17, 15) is 27.2 Å². The van der Waals surface area contributed by atoms with E-state index in [0.717, 1.165) is 13.0 Å². The standard InChI is InChI=1S/C20H19BrF4N4O2.3C2H6/c1-9-7-29-8-13(21)6-14(18(29)26-9)19(31)27-10(2)12-4-15(20(23,24)25)17(22)16(5-12)28-11(3)30;3*1-2/h4-6,8-10H,7H2,1-3H3,(H,27,31)(H,28,30);3*1-2H3/t9?,10-;;;/m1.../s1. The molecule has 1 aromatic carbocycles. The molecule has 208 valence electrons. The third-order valence-electron chi connectivity index (χ3n) is 4.68. The van der Waals surface area contributed by atoms with Crippen molar-refractivity contribution in [3.8, 4) is 0 Å². The SMILES string of the molecule is CC.CC.CC.CC(=O)Nc1cc([C@@H](C)NC(=O)C2=CC(Br)=CN3CC(C)N=C23)cc(C(F)(F)F)c1F. The number of halogens is 5. The number of allylic oxidation sites excluding steroid dienone is 2. The zero-order valence-electron chi connectivity index (χ0n) is 22.8. The Morgan fingerprint density at radius 3 is 2.22 bits per heavy atom.